The van der Waals surface area contributed by atoms with Gasteiger partial charge >= 0.3 is 18.4 Å². The van der Waals surface area contributed by atoms with Crippen LogP contribution in [0.1, 0.15) is 40.8 Å². The number of benzene rings is 4. The normalized spacial score (nSPS) is 17.0. The van der Waals surface area contributed by atoms with Crippen molar-refractivity contribution in [2.45, 2.75) is 44.9 Å². The molecule has 0 aromatic heterocycles. The Labute approximate surface area is 265 Å². The average Bonchev–Trinajstić information content (AvgIpc) is 3.24. The molecule has 45 heavy (non-hydrogen) atoms. The molecule has 1 aliphatic rings. The van der Waals surface area contributed by atoms with Gasteiger partial charge in [-0.25, -0.2) is 4.79 Å². The van der Waals surface area contributed by atoms with Gasteiger partial charge in [-0.15, -0.1) is 0 Å². The van der Waals surface area contributed by atoms with Gasteiger partial charge in [0.1, 0.15) is 11.9 Å². The molecule has 4 aromatic carbocycles. The standard InChI is InChI=1S/C33H25Cl2F6NO3/c1-17-10-22(32(36,37)38)5-7-26(17)19-4-9-29(44-3)28(14-19)27-8-6-23(33(39,40)41)11-21(27)16-42-18(2)30(45-31(42)43)20-12-24(34)15-25(35)13-20/h4-15,18,30H,16H2,1-3H3/t18-,30-/m0/s1. The zero-order chi connectivity index (χ0) is 32.8. The van der Waals surface area contributed by atoms with Gasteiger partial charge in [0.05, 0.1) is 30.8 Å². The fraction of sp³-hybridized carbons (Fsp3) is 0.242. The van der Waals surface area contributed by atoms with Crippen LogP contribution in [-0.4, -0.2) is 24.1 Å². The van der Waals surface area contributed by atoms with E-state index in [2.05, 4.69) is 0 Å². The Morgan fingerprint density at radius 3 is 1.98 bits per heavy atom. The van der Waals surface area contributed by atoms with Gasteiger partial charge in [-0.05, 0) is 102 Å². The third-order valence-corrected chi connectivity index (χ3v) is 8.17. The number of cyclic esters (lactones) is 1. The summed E-state index contributed by atoms with van der Waals surface area (Å²) < 4.78 is 92.6. The number of aryl methyl sites for hydroxylation is 1. The largest absolute Gasteiger partial charge is 0.496 e. The van der Waals surface area contributed by atoms with Crippen molar-refractivity contribution in [3.8, 4) is 28.0 Å². The van der Waals surface area contributed by atoms with Crippen LogP contribution in [0.4, 0.5) is 31.1 Å². The van der Waals surface area contributed by atoms with Crippen molar-refractivity contribution in [2.75, 3.05) is 7.11 Å². The predicted octanol–water partition coefficient (Wildman–Crippen LogP) is 10.8. The number of halogens is 8. The van der Waals surface area contributed by atoms with Crippen molar-refractivity contribution in [1.29, 1.82) is 0 Å². The molecule has 1 fully saturated rings. The molecule has 0 unspecified atom stereocenters. The van der Waals surface area contributed by atoms with E-state index in [0.29, 0.717) is 49.2 Å². The van der Waals surface area contributed by atoms with Crippen LogP contribution in [0.3, 0.4) is 0 Å². The van der Waals surface area contributed by atoms with Crippen molar-refractivity contribution in [1.82, 2.24) is 4.90 Å². The molecule has 236 valence electrons. The van der Waals surface area contributed by atoms with E-state index in [1.807, 2.05) is 0 Å². The first kappa shape index (κ1) is 32.5. The average molecular weight is 668 g/mol. The van der Waals surface area contributed by atoms with E-state index in [9.17, 15) is 31.1 Å². The van der Waals surface area contributed by atoms with Gasteiger partial charge in [0, 0.05) is 15.6 Å². The SMILES string of the molecule is COc1ccc(-c2ccc(C(F)(F)F)cc2C)cc1-c1ccc(C(F)(F)F)cc1CN1C(=O)O[C@H](c2cc(Cl)cc(Cl)c2)[C@@H]1C. The molecule has 5 rings (SSSR count). The number of methoxy groups -OCH3 is 1. The van der Waals surface area contributed by atoms with Crippen molar-refractivity contribution < 1.29 is 40.6 Å². The van der Waals surface area contributed by atoms with Crippen molar-refractivity contribution in [3.05, 3.63) is 111 Å². The van der Waals surface area contributed by atoms with Crippen LogP contribution >= 0.6 is 23.2 Å². The molecule has 1 heterocycles. The highest BCUT2D eigenvalue weighted by atomic mass is 35.5. The van der Waals surface area contributed by atoms with Crippen LogP contribution in [0.25, 0.3) is 22.3 Å². The topological polar surface area (TPSA) is 38.8 Å². The summed E-state index contributed by atoms with van der Waals surface area (Å²) in [6, 6.07) is 15.5. The molecule has 0 saturated carbocycles. The van der Waals surface area contributed by atoms with Crippen molar-refractivity contribution in [3.63, 3.8) is 0 Å². The summed E-state index contributed by atoms with van der Waals surface area (Å²) in [5, 5.41) is 0.657. The summed E-state index contributed by atoms with van der Waals surface area (Å²) in [6.07, 6.45) is -10.7. The molecule has 0 radical (unpaired) electrons. The van der Waals surface area contributed by atoms with Crippen LogP contribution in [-0.2, 0) is 23.6 Å². The molecule has 4 aromatic rings. The van der Waals surface area contributed by atoms with Gasteiger partial charge in [-0.1, -0.05) is 41.4 Å². The molecule has 0 aliphatic carbocycles. The number of nitrogens with zero attached hydrogens (tertiary/aromatic N) is 1. The van der Waals surface area contributed by atoms with Gasteiger partial charge < -0.3 is 9.47 Å². The van der Waals surface area contributed by atoms with Crippen LogP contribution in [0.2, 0.25) is 10.0 Å². The van der Waals surface area contributed by atoms with E-state index >= 15 is 0 Å². The first-order valence-corrected chi connectivity index (χ1v) is 14.3. The number of carbonyl (C=O) groups is 1. The van der Waals surface area contributed by atoms with E-state index in [1.54, 1.807) is 44.2 Å². The van der Waals surface area contributed by atoms with Gasteiger partial charge in [0.15, 0.2) is 0 Å². The number of amides is 1. The Kier molecular flexibility index (Phi) is 8.76. The maximum atomic E-state index is 13.9. The molecule has 1 aliphatic heterocycles. The van der Waals surface area contributed by atoms with Crippen LogP contribution in [0.5, 0.6) is 5.75 Å². The van der Waals surface area contributed by atoms with Crippen LogP contribution in [0.15, 0.2) is 72.8 Å². The minimum Gasteiger partial charge on any atom is -0.496 e. The maximum Gasteiger partial charge on any atom is 0.416 e. The molecule has 0 spiro atoms. The van der Waals surface area contributed by atoms with E-state index < -0.39 is 41.7 Å². The lowest BCUT2D eigenvalue weighted by molar-refractivity contribution is -0.138. The molecule has 12 heteroatoms. The third-order valence-electron chi connectivity index (χ3n) is 7.73. The molecule has 1 amide bonds. The van der Waals surface area contributed by atoms with E-state index in [0.717, 1.165) is 24.3 Å². The number of alkyl halides is 6. The van der Waals surface area contributed by atoms with Crippen LogP contribution in [0, 0.1) is 6.92 Å². The molecular formula is C33H25Cl2F6NO3. The lowest BCUT2D eigenvalue weighted by Crippen LogP contribution is -2.31. The molecule has 2 atom stereocenters. The summed E-state index contributed by atoms with van der Waals surface area (Å²) >= 11 is 12.3. The highest BCUT2D eigenvalue weighted by Gasteiger charge is 2.41. The first-order chi connectivity index (χ1) is 21.1. The molecule has 1 saturated heterocycles. The lowest BCUT2D eigenvalue weighted by atomic mass is 9.91. The zero-order valence-electron chi connectivity index (χ0n) is 24.0. The molecule has 4 nitrogen and oxygen atoms in total. The maximum absolute atomic E-state index is 13.9. The van der Waals surface area contributed by atoms with Crippen molar-refractivity contribution in [2.24, 2.45) is 0 Å². The number of hydrogen-bond acceptors (Lipinski definition) is 3. The minimum atomic E-state index is -4.67. The monoisotopic (exact) mass is 667 g/mol. The minimum absolute atomic E-state index is 0.151. The molecule has 0 N–H and O–H groups in total. The molecular weight excluding hydrogens is 643 g/mol. The zero-order valence-corrected chi connectivity index (χ0v) is 25.5. The summed E-state index contributed by atoms with van der Waals surface area (Å²) in [6.45, 7) is 2.99. The summed E-state index contributed by atoms with van der Waals surface area (Å²) in [5.74, 6) is 0.313. The Bertz CT molecular complexity index is 1750. The second-order valence-electron chi connectivity index (χ2n) is 10.7. The highest BCUT2D eigenvalue weighted by molar-refractivity contribution is 6.34. The number of rotatable bonds is 6. The van der Waals surface area contributed by atoms with Gasteiger partial charge in [0.2, 0.25) is 0 Å². The summed E-state index contributed by atoms with van der Waals surface area (Å²) in [5.41, 5.74) is 1.06. The van der Waals surface area contributed by atoms with Crippen LogP contribution < -0.4 is 4.74 Å². The number of ether oxygens (including phenoxy) is 2. The lowest BCUT2D eigenvalue weighted by Gasteiger charge is -2.24. The smallest absolute Gasteiger partial charge is 0.416 e. The summed E-state index contributed by atoms with van der Waals surface area (Å²) in [4.78, 5) is 14.4. The van der Waals surface area contributed by atoms with Gasteiger partial charge in [-0.3, -0.25) is 4.90 Å². The number of carbonyl (C=O) groups excluding carboxylic acids is 1. The van der Waals surface area contributed by atoms with Crippen molar-refractivity contribution >= 4 is 29.3 Å². The quantitative estimate of drug-likeness (QED) is 0.192. The first-order valence-electron chi connectivity index (χ1n) is 13.6. The Morgan fingerprint density at radius 2 is 1.40 bits per heavy atom. The summed E-state index contributed by atoms with van der Waals surface area (Å²) in [7, 11) is 1.40. The van der Waals surface area contributed by atoms with Gasteiger partial charge in [0.25, 0.3) is 0 Å². The molecule has 0 bridgehead atoms. The Hall–Kier alpha value is -3.89. The Balaban J connectivity index is 1.59. The third kappa shape index (κ3) is 6.72. The fourth-order valence-corrected chi connectivity index (χ4v) is 6.04. The predicted molar refractivity (Wildman–Crippen MR) is 159 cm³/mol. The fourth-order valence-electron chi connectivity index (χ4n) is 5.50. The van der Waals surface area contributed by atoms with E-state index in [1.165, 1.54) is 30.2 Å². The Morgan fingerprint density at radius 1 is 0.800 bits per heavy atom. The second kappa shape index (κ2) is 12.1. The van der Waals surface area contributed by atoms with E-state index in [-0.39, 0.29) is 12.1 Å². The van der Waals surface area contributed by atoms with E-state index in [4.69, 9.17) is 32.7 Å². The van der Waals surface area contributed by atoms with Gasteiger partial charge in [-0.2, -0.15) is 26.3 Å². The second-order valence-corrected chi connectivity index (χ2v) is 11.6. The number of hydrogen-bond donors (Lipinski definition) is 0. The highest BCUT2D eigenvalue weighted by Crippen LogP contribution is 2.42.